The summed E-state index contributed by atoms with van der Waals surface area (Å²) in [6.45, 7) is 4.12. The van der Waals surface area contributed by atoms with Crippen molar-refractivity contribution in [3.05, 3.63) is 53.1 Å². The second kappa shape index (κ2) is 4.93. The zero-order valence-electron chi connectivity index (χ0n) is 10.8. The number of benzene rings is 2. The molecule has 0 heterocycles. The Morgan fingerprint density at radius 2 is 1.78 bits per heavy atom. The van der Waals surface area contributed by atoms with Gasteiger partial charge in [-0.1, -0.05) is 23.8 Å². The van der Waals surface area contributed by atoms with Crippen molar-refractivity contribution in [3.8, 4) is 22.9 Å². The average Bonchev–Trinajstić information content (AvgIpc) is 2.40. The van der Waals surface area contributed by atoms with Gasteiger partial charge in [-0.15, -0.1) is 0 Å². The summed E-state index contributed by atoms with van der Waals surface area (Å²) < 4.78 is 5.38. The maximum absolute atomic E-state index is 9.01. The summed E-state index contributed by atoms with van der Waals surface area (Å²) in [5.41, 5.74) is 5.10. The van der Waals surface area contributed by atoms with Crippen LogP contribution in [-0.2, 0) is 0 Å². The first-order valence-corrected chi connectivity index (χ1v) is 5.81. The smallest absolute Gasteiger partial charge is 0.126 e. The number of nitriles is 1. The number of hydrogen-bond donors (Lipinski definition) is 0. The van der Waals surface area contributed by atoms with E-state index in [0.29, 0.717) is 5.56 Å². The predicted molar refractivity (Wildman–Crippen MR) is 72.6 cm³/mol. The van der Waals surface area contributed by atoms with Gasteiger partial charge in [0.2, 0.25) is 0 Å². The van der Waals surface area contributed by atoms with E-state index in [1.54, 1.807) is 13.2 Å². The van der Waals surface area contributed by atoms with E-state index in [2.05, 4.69) is 38.1 Å². The first-order valence-electron chi connectivity index (χ1n) is 5.81. The molecule has 0 aromatic heterocycles. The van der Waals surface area contributed by atoms with Crippen LogP contribution in [0.5, 0.6) is 5.75 Å². The summed E-state index contributed by atoms with van der Waals surface area (Å²) in [5, 5.41) is 9.01. The summed E-state index contributed by atoms with van der Waals surface area (Å²) in [4.78, 5) is 0. The normalized spacial score (nSPS) is 9.89. The molecule has 2 nitrogen and oxygen atoms in total. The Balaban J connectivity index is 2.69. The Bertz CT molecular complexity index is 623. The first kappa shape index (κ1) is 12.2. The zero-order valence-corrected chi connectivity index (χ0v) is 10.8. The summed E-state index contributed by atoms with van der Waals surface area (Å²) in [6, 6.07) is 13.9. The van der Waals surface area contributed by atoms with Gasteiger partial charge in [0, 0.05) is 5.56 Å². The lowest BCUT2D eigenvalue weighted by molar-refractivity contribution is 0.416. The van der Waals surface area contributed by atoms with Gasteiger partial charge in [0.25, 0.3) is 0 Å². The third-order valence-corrected chi connectivity index (χ3v) is 3.01. The van der Waals surface area contributed by atoms with E-state index in [4.69, 9.17) is 10.00 Å². The number of methoxy groups -OCH3 is 1. The monoisotopic (exact) mass is 237 g/mol. The van der Waals surface area contributed by atoms with E-state index in [1.165, 1.54) is 11.1 Å². The first-order chi connectivity index (χ1) is 8.65. The Morgan fingerprint density at radius 1 is 1.00 bits per heavy atom. The van der Waals surface area contributed by atoms with Crippen LogP contribution in [0.4, 0.5) is 0 Å². The van der Waals surface area contributed by atoms with Crippen molar-refractivity contribution in [2.24, 2.45) is 0 Å². The molecular weight excluding hydrogens is 222 g/mol. The highest BCUT2D eigenvalue weighted by Gasteiger charge is 2.09. The predicted octanol–water partition coefficient (Wildman–Crippen LogP) is 3.85. The lowest BCUT2D eigenvalue weighted by Gasteiger charge is -2.12. The van der Waals surface area contributed by atoms with Crippen LogP contribution in [0.15, 0.2) is 36.4 Å². The van der Waals surface area contributed by atoms with Crippen LogP contribution in [0, 0.1) is 25.2 Å². The molecule has 0 radical (unpaired) electrons. The maximum Gasteiger partial charge on any atom is 0.126 e. The average molecular weight is 237 g/mol. The molecule has 2 aromatic rings. The molecule has 0 fully saturated rings. The van der Waals surface area contributed by atoms with Crippen LogP contribution in [0.2, 0.25) is 0 Å². The quantitative estimate of drug-likeness (QED) is 0.794. The van der Waals surface area contributed by atoms with Crippen LogP contribution in [0.3, 0.4) is 0 Å². The minimum atomic E-state index is 0.645. The molecule has 0 N–H and O–H groups in total. The number of ether oxygens (including phenoxy) is 1. The van der Waals surface area contributed by atoms with Crippen molar-refractivity contribution in [1.82, 2.24) is 0 Å². The van der Waals surface area contributed by atoms with Crippen LogP contribution in [0.1, 0.15) is 16.7 Å². The topological polar surface area (TPSA) is 33.0 Å². The lowest BCUT2D eigenvalue weighted by atomic mass is 9.96. The maximum atomic E-state index is 9.01. The number of nitrogens with zero attached hydrogens (tertiary/aromatic N) is 1. The summed E-state index contributed by atoms with van der Waals surface area (Å²) in [6.07, 6.45) is 0. The van der Waals surface area contributed by atoms with Gasteiger partial charge >= 0.3 is 0 Å². The number of hydrogen-bond acceptors (Lipinski definition) is 2. The van der Waals surface area contributed by atoms with Gasteiger partial charge < -0.3 is 4.74 Å². The van der Waals surface area contributed by atoms with E-state index < -0.39 is 0 Å². The molecule has 2 heteroatoms. The molecule has 0 spiro atoms. The van der Waals surface area contributed by atoms with Gasteiger partial charge in [-0.25, -0.2) is 0 Å². The van der Waals surface area contributed by atoms with E-state index >= 15 is 0 Å². The molecule has 90 valence electrons. The third-order valence-electron chi connectivity index (χ3n) is 3.01. The molecule has 0 aliphatic heterocycles. The van der Waals surface area contributed by atoms with E-state index in [-0.39, 0.29) is 0 Å². The summed E-state index contributed by atoms with van der Waals surface area (Å²) >= 11 is 0. The number of rotatable bonds is 2. The van der Waals surface area contributed by atoms with Gasteiger partial charge in [-0.3, -0.25) is 0 Å². The third kappa shape index (κ3) is 2.21. The van der Waals surface area contributed by atoms with Crippen molar-refractivity contribution in [2.45, 2.75) is 13.8 Å². The summed E-state index contributed by atoms with van der Waals surface area (Å²) in [5.74, 6) is 0.794. The van der Waals surface area contributed by atoms with Gasteiger partial charge in [0.1, 0.15) is 5.75 Å². The molecule has 0 unspecified atom stereocenters. The van der Waals surface area contributed by atoms with Gasteiger partial charge in [-0.2, -0.15) is 5.26 Å². The largest absolute Gasteiger partial charge is 0.496 e. The fourth-order valence-corrected chi connectivity index (χ4v) is 2.01. The molecule has 0 aliphatic rings. The Morgan fingerprint density at radius 3 is 2.44 bits per heavy atom. The number of aryl methyl sites for hydroxylation is 2. The lowest BCUT2D eigenvalue weighted by Crippen LogP contribution is -1.92. The highest BCUT2D eigenvalue weighted by Crippen LogP contribution is 2.33. The molecule has 0 saturated heterocycles. The fourth-order valence-electron chi connectivity index (χ4n) is 2.01. The van der Waals surface area contributed by atoms with Gasteiger partial charge in [-0.05, 0) is 43.2 Å². The molecule has 0 bridgehead atoms. The Labute approximate surface area is 107 Å². The Kier molecular flexibility index (Phi) is 3.34. The van der Waals surface area contributed by atoms with Crippen molar-refractivity contribution in [1.29, 1.82) is 5.26 Å². The second-order valence-electron chi connectivity index (χ2n) is 4.35. The van der Waals surface area contributed by atoms with Crippen molar-refractivity contribution in [3.63, 3.8) is 0 Å². The van der Waals surface area contributed by atoms with Crippen LogP contribution >= 0.6 is 0 Å². The molecule has 0 aliphatic carbocycles. The Hall–Kier alpha value is -2.27. The molecule has 0 atom stereocenters. The molecule has 18 heavy (non-hydrogen) atoms. The van der Waals surface area contributed by atoms with E-state index in [1.807, 2.05) is 12.1 Å². The molecule has 0 amide bonds. The SMILES string of the molecule is COc1ccc(C#N)cc1-c1cc(C)ccc1C. The van der Waals surface area contributed by atoms with Gasteiger partial charge in [0.15, 0.2) is 0 Å². The molecule has 2 aromatic carbocycles. The molecule has 0 saturated carbocycles. The fraction of sp³-hybridized carbons (Fsp3) is 0.188. The van der Waals surface area contributed by atoms with Crippen molar-refractivity contribution >= 4 is 0 Å². The van der Waals surface area contributed by atoms with Crippen LogP contribution in [0.25, 0.3) is 11.1 Å². The van der Waals surface area contributed by atoms with Gasteiger partial charge in [0.05, 0.1) is 18.7 Å². The van der Waals surface area contributed by atoms with E-state index in [0.717, 1.165) is 16.9 Å². The summed E-state index contributed by atoms with van der Waals surface area (Å²) in [7, 11) is 1.65. The second-order valence-corrected chi connectivity index (χ2v) is 4.35. The highest BCUT2D eigenvalue weighted by molar-refractivity contribution is 5.75. The molecule has 2 rings (SSSR count). The van der Waals surface area contributed by atoms with Crippen LogP contribution < -0.4 is 4.74 Å². The highest BCUT2D eigenvalue weighted by atomic mass is 16.5. The van der Waals surface area contributed by atoms with E-state index in [9.17, 15) is 0 Å². The van der Waals surface area contributed by atoms with Crippen molar-refractivity contribution in [2.75, 3.05) is 7.11 Å². The molecular formula is C16H15NO. The standard InChI is InChI=1S/C16H15NO/c1-11-4-5-12(2)14(8-11)15-9-13(10-17)6-7-16(15)18-3/h4-9H,1-3H3. The van der Waals surface area contributed by atoms with Crippen molar-refractivity contribution < 1.29 is 4.74 Å². The minimum absolute atomic E-state index is 0.645. The zero-order chi connectivity index (χ0) is 13.1. The van der Waals surface area contributed by atoms with Crippen LogP contribution in [-0.4, -0.2) is 7.11 Å². The minimum Gasteiger partial charge on any atom is -0.496 e.